The maximum atomic E-state index is 11.4. The molecule has 15 heavy (non-hydrogen) atoms. The molecule has 0 bridgehead atoms. The summed E-state index contributed by atoms with van der Waals surface area (Å²) in [5.74, 6) is 0. The second-order valence-corrected chi connectivity index (χ2v) is 3.50. The standard InChI is InChI=1S/C9H13N5O/c1-12-2-3-13(7-12)4-5-14-9(15)8(10)6-11-14/h2-3,6-7H,4-5,10H2,1H3/p+1. The first kappa shape index (κ1) is 9.57. The fraction of sp³-hybridized carbons (Fsp3) is 0.333. The molecular formula is C9H14N5O+. The van der Waals surface area contributed by atoms with Gasteiger partial charge >= 0.3 is 0 Å². The van der Waals surface area contributed by atoms with Gasteiger partial charge in [0.05, 0.1) is 13.6 Å². The van der Waals surface area contributed by atoms with Gasteiger partial charge < -0.3 is 10.8 Å². The van der Waals surface area contributed by atoms with E-state index in [2.05, 4.69) is 5.10 Å². The van der Waals surface area contributed by atoms with Crippen LogP contribution in [0.25, 0.3) is 0 Å². The average Bonchev–Trinajstić information content (AvgIpc) is 2.74. The van der Waals surface area contributed by atoms with Gasteiger partial charge in [-0.3, -0.25) is 4.79 Å². The number of aryl methyl sites for hydroxylation is 3. The minimum absolute atomic E-state index is 0.161. The molecule has 0 saturated carbocycles. The van der Waals surface area contributed by atoms with Crippen LogP contribution in [0.15, 0.2) is 29.7 Å². The third kappa shape index (κ3) is 1.93. The van der Waals surface area contributed by atoms with Crippen molar-refractivity contribution in [1.29, 1.82) is 0 Å². The van der Waals surface area contributed by atoms with Crippen LogP contribution in [0.2, 0.25) is 0 Å². The normalized spacial score (nSPS) is 10.7. The van der Waals surface area contributed by atoms with Crippen molar-refractivity contribution in [1.82, 2.24) is 14.3 Å². The van der Waals surface area contributed by atoms with E-state index in [1.807, 2.05) is 34.9 Å². The van der Waals surface area contributed by atoms with E-state index >= 15 is 0 Å². The first-order valence-corrected chi connectivity index (χ1v) is 4.71. The highest BCUT2D eigenvalue weighted by Crippen LogP contribution is 1.90. The maximum Gasteiger partial charge on any atom is 0.289 e. The van der Waals surface area contributed by atoms with Crippen molar-refractivity contribution >= 4 is 5.69 Å². The van der Waals surface area contributed by atoms with E-state index < -0.39 is 0 Å². The molecule has 2 aromatic rings. The molecule has 2 rings (SSSR count). The molecule has 0 aliphatic heterocycles. The molecule has 2 heterocycles. The Balaban J connectivity index is 2.05. The van der Waals surface area contributed by atoms with Gasteiger partial charge in [0.1, 0.15) is 24.6 Å². The summed E-state index contributed by atoms with van der Waals surface area (Å²) in [6.07, 6.45) is 7.37. The number of hydrogen-bond donors (Lipinski definition) is 2. The third-order valence-corrected chi connectivity index (χ3v) is 2.27. The molecule has 80 valence electrons. The number of anilines is 1. The van der Waals surface area contributed by atoms with Crippen LogP contribution in [-0.2, 0) is 20.1 Å². The van der Waals surface area contributed by atoms with E-state index in [0.29, 0.717) is 6.54 Å². The zero-order valence-electron chi connectivity index (χ0n) is 8.55. The quantitative estimate of drug-likeness (QED) is 0.641. The van der Waals surface area contributed by atoms with Gasteiger partial charge in [0.15, 0.2) is 0 Å². The highest BCUT2D eigenvalue weighted by molar-refractivity contribution is 5.30. The fourth-order valence-corrected chi connectivity index (χ4v) is 1.44. The first-order valence-electron chi connectivity index (χ1n) is 4.71. The lowest BCUT2D eigenvalue weighted by Crippen LogP contribution is -2.25. The van der Waals surface area contributed by atoms with E-state index in [1.165, 1.54) is 10.9 Å². The second-order valence-electron chi connectivity index (χ2n) is 3.50. The number of nitrogens with one attached hydrogen (secondary N) is 1. The van der Waals surface area contributed by atoms with Crippen molar-refractivity contribution in [3.05, 3.63) is 35.3 Å². The summed E-state index contributed by atoms with van der Waals surface area (Å²) in [6.45, 7) is 1.32. The van der Waals surface area contributed by atoms with Crippen LogP contribution in [0.1, 0.15) is 0 Å². The molecule has 0 saturated heterocycles. The molecule has 0 spiro atoms. The minimum Gasteiger partial charge on any atom is -0.393 e. The van der Waals surface area contributed by atoms with E-state index in [4.69, 9.17) is 5.73 Å². The Morgan fingerprint density at radius 1 is 1.53 bits per heavy atom. The van der Waals surface area contributed by atoms with Crippen LogP contribution in [0, 0.1) is 0 Å². The number of hydrogen-bond acceptors (Lipinski definition) is 2. The van der Waals surface area contributed by atoms with E-state index in [9.17, 15) is 4.79 Å². The summed E-state index contributed by atoms with van der Waals surface area (Å²) < 4.78 is 5.45. The van der Waals surface area contributed by atoms with Crippen molar-refractivity contribution in [3.8, 4) is 0 Å². The Morgan fingerprint density at radius 3 is 2.87 bits per heavy atom. The van der Waals surface area contributed by atoms with Crippen molar-refractivity contribution < 1.29 is 4.57 Å². The van der Waals surface area contributed by atoms with Crippen LogP contribution < -0.4 is 15.9 Å². The van der Waals surface area contributed by atoms with Gasteiger partial charge in [-0.1, -0.05) is 0 Å². The predicted octanol–water partition coefficient (Wildman–Crippen LogP) is -0.915. The Labute approximate surface area is 86.5 Å². The zero-order chi connectivity index (χ0) is 10.8. The highest BCUT2D eigenvalue weighted by atomic mass is 16.1. The van der Waals surface area contributed by atoms with Crippen molar-refractivity contribution in [3.63, 3.8) is 0 Å². The second kappa shape index (κ2) is 3.64. The van der Waals surface area contributed by atoms with Crippen LogP contribution in [-0.4, -0.2) is 14.3 Å². The summed E-state index contributed by atoms with van der Waals surface area (Å²) in [5.41, 5.74) is 5.54. The number of nitrogens with two attached hydrogens (primary N) is 1. The van der Waals surface area contributed by atoms with Crippen LogP contribution in [0.3, 0.4) is 0 Å². The average molecular weight is 208 g/mol. The number of aromatic amines is 1. The van der Waals surface area contributed by atoms with Gasteiger partial charge in [-0.05, 0) is 0 Å². The third-order valence-electron chi connectivity index (χ3n) is 2.27. The number of H-pyrrole nitrogens is 1. The van der Waals surface area contributed by atoms with Crippen molar-refractivity contribution in [2.45, 2.75) is 13.1 Å². The van der Waals surface area contributed by atoms with Gasteiger partial charge in [0.2, 0.25) is 6.33 Å². The summed E-state index contributed by atoms with van der Waals surface area (Å²) in [6, 6.07) is 0. The molecule has 0 aliphatic carbocycles. The Bertz CT molecular complexity index is 507. The molecular weight excluding hydrogens is 194 g/mol. The topological polar surface area (TPSA) is 72.6 Å². The van der Waals surface area contributed by atoms with Crippen LogP contribution >= 0.6 is 0 Å². The Morgan fingerprint density at radius 2 is 2.33 bits per heavy atom. The van der Waals surface area contributed by atoms with Crippen molar-refractivity contribution in [2.75, 3.05) is 5.73 Å². The molecule has 6 heteroatoms. The molecule has 0 radical (unpaired) electrons. The van der Waals surface area contributed by atoms with Gasteiger partial charge in [0, 0.05) is 6.20 Å². The molecule has 0 amide bonds. The predicted molar refractivity (Wildman–Crippen MR) is 55.1 cm³/mol. The number of rotatable bonds is 3. The van der Waals surface area contributed by atoms with Gasteiger partial charge in [-0.2, -0.15) is 0 Å². The summed E-state index contributed by atoms with van der Waals surface area (Å²) in [5, 5.41) is 2.81. The molecule has 0 aliphatic rings. The first-order chi connectivity index (χ1) is 7.16. The van der Waals surface area contributed by atoms with Crippen molar-refractivity contribution in [2.24, 2.45) is 7.05 Å². The molecule has 0 fully saturated rings. The van der Waals surface area contributed by atoms with E-state index in [1.54, 1.807) is 0 Å². The fourth-order valence-electron chi connectivity index (χ4n) is 1.44. The molecule has 0 aromatic carbocycles. The molecule has 3 N–H and O–H groups in total. The van der Waals surface area contributed by atoms with Gasteiger partial charge in [-0.15, -0.1) is 0 Å². The summed E-state index contributed by atoms with van der Waals surface area (Å²) in [4.78, 5) is 11.4. The van der Waals surface area contributed by atoms with Crippen LogP contribution in [0.5, 0.6) is 0 Å². The Kier molecular flexibility index (Phi) is 2.32. The van der Waals surface area contributed by atoms with E-state index in [0.717, 1.165) is 6.54 Å². The van der Waals surface area contributed by atoms with E-state index in [-0.39, 0.29) is 11.2 Å². The molecule has 0 atom stereocenters. The SMILES string of the molecule is C[n+]1ccn(CCn2[nH]cc(N)c2=O)c1. The maximum absolute atomic E-state index is 11.4. The lowest BCUT2D eigenvalue weighted by Gasteiger charge is -1.97. The summed E-state index contributed by atoms with van der Waals surface area (Å²) in [7, 11) is 1.95. The molecule has 0 unspecified atom stereocenters. The van der Waals surface area contributed by atoms with Crippen LogP contribution in [0.4, 0.5) is 5.69 Å². The van der Waals surface area contributed by atoms with Gasteiger partial charge in [-0.25, -0.2) is 13.8 Å². The highest BCUT2D eigenvalue weighted by Gasteiger charge is 2.04. The number of nitrogen functional groups attached to an aromatic ring is 1. The zero-order valence-corrected chi connectivity index (χ0v) is 8.55. The number of imidazole rings is 1. The molecule has 6 nitrogen and oxygen atoms in total. The molecule has 2 aromatic heterocycles. The number of aromatic nitrogens is 4. The Hall–Kier alpha value is -1.98. The minimum atomic E-state index is -0.161. The summed E-state index contributed by atoms with van der Waals surface area (Å²) >= 11 is 0. The lowest BCUT2D eigenvalue weighted by molar-refractivity contribution is -0.671. The largest absolute Gasteiger partial charge is 0.393 e. The lowest BCUT2D eigenvalue weighted by atomic mass is 10.5. The smallest absolute Gasteiger partial charge is 0.289 e. The monoisotopic (exact) mass is 208 g/mol. The number of nitrogens with zero attached hydrogens (tertiary/aromatic N) is 3. The van der Waals surface area contributed by atoms with Gasteiger partial charge in [0.25, 0.3) is 5.56 Å².